The van der Waals surface area contributed by atoms with Gasteiger partial charge in [0.05, 0.1) is 14.2 Å². The van der Waals surface area contributed by atoms with Crippen molar-refractivity contribution in [3.8, 4) is 11.5 Å². The lowest BCUT2D eigenvalue weighted by Gasteiger charge is -2.13. The third kappa shape index (κ3) is 5.67. The number of rotatable bonds is 7. The number of aryl methyl sites for hydroxylation is 1. The Labute approximate surface area is 149 Å². The predicted molar refractivity (Wildman–Crippen MR) is 100 cm³/mol. The molecule has 0 atom stereocenters. The van der Waals surface area contributed by atoms with Crippen molar-refractivity contribution in [2.75, 3.05) is 27.8 Å². The van der Waals surface area contributed by atoms with Crippen LogP contribution in [0.5, 0.6) is 11.5 Å². The zero-order valence-electron chi connectivity index (χ0n) is 15.3. The summed E-state index contributed by atoms with van der Waals surface area (Å²) in [5.74, 6) is 2.20. The quantitative estimate of drug-likeness (QED) is 0.597. The molecule has 25 heavy (non-hydrogen) atoms. The molecule has 0 amide bonds. The van der Waals surface area contributed by atoms with E-state index in [1.54, 1.807) is 21.3 Å². The lowest BCUT2D eigenvalue weighted by molar-refractivity contribution is 0.354. The first-order valence-corrected chi connectivity index (χ1v) is 8.23. The Morgan fingerprint density at radius 2 is 1.80 bits per heavy atom. The summed E-state index contributed by atoms with van der Waals surface area (Å²) in [6, 6.07) is 9.98. The smallest absolute Gasteiger partial charge is 0.191 e. The zero-order chi connectivity index (χ0) is 18.1. The summed E-state index contributed by atoms with van der Waals surface area (Å²) in [4.78, 5) is 8.56. The normalized spacial score (nSPS) is 11.1. The topological polar surface area (TPSA) is 67.8 Å². The third-order valence-electron chi connectivity index (χ3n) is 3.81. The van der Waals surface area contributed by atoms with Crippen molar-refractivity contribution in [2.24, 2.45) is 4.99 Å². The molecule has 1 aromatic heterocycles. The molecule has 1 heterocycles. The molecule has 0 fully saturated rings. The molecular formula is C19H26N4O2. The average molecular weight is 342 g/mol. The van der Waals surface area contributed by atoms with E-state index >= 15 is 0 Å². The molecule has 1 aromatic carbocycles. The Hall–Kier alpha value is -2.76. The Kier molecular flexibility index (Phi) is 7.07. The maximum absolute atomic E-state index is 5.33. The van der Waals surface area contributed by atoms with Crippen LogP contribution in [-0.4, -0.2) is 38.8 Å². The lowest BCUT2D eigenvalue weighted by atomic mass is 10.2. The van der Waals surface area contributed by atoms with Crippen LogP contribution in [0, 0.1) is 6.92 Å². The highest BCUT2D eigenvalue weighted by Gasteiger charge is 2.05. The molecule has 0 spiro atoms. The van der Waals surface area contributed by atoms with Crippen molar-refractivity contribution in [3.63, 3.8) is 0 Å². The monoisotopic (exact) mass is 342 g/mol. The summed E-state index contributed by atoms with van der Waals surface area (Å²) < 4.78 is 10.6. The molecule has 0 unspecified atom stereocenters. The SMILES string of the molecule is CN=C(NCCc1ccc(C)nc1)NCc1ccc(OC)c(OC)c1. The average Bonchev–Trinajstić information content (AvgIpc) is 2.65. The minimum absolute atomic E-state index is 0.645. The van der Waals surface area contributed by atoms with Crippen molar-refractivity contribution in [2.45, 2.75) is 19.9 Å². The molecule has 0 radical (unpaired) electrons. The number of aliphatic imine (C=N–C) groups is 1. The highest BCUT2D eigenvalue weighted by molar-refractivity contribution is 5.79. The predicted octanol–water partition coefficient (Wildman–Crippen LogP) is 2.31. The molecule has 2 N–H and O–H groups in total. The van der Waals surface area contributed by atoms with Gasteiger partial charge in [0, 0.05) is 32.0 Å². The minimum Gasteiger partial charge on any atom is -0.493 e. The van der Waals surface area contributed by atoms with Gasteiger partial charge in [-0.2, -0.15) is 0 Å². The van der Waals surface area contributed by atoms with Gasteiger partial charge in [-0.1, -0.05) is 12.1 Å². The second-order valence-corrected chi connectivity index (χ2v) is 5.60. The molecule has 0 aliphatic rings. The van der Waals surface area contributed by atoms with Gasteiger partial charge >= 0.3 is 0 Å². The number of hydrogen-bond acceptors (Lipinski definition) is 4. The summed E-state index contributed by atoms with van der Waals surface area (Å²) in [6.07, 6.45) is 2.81. The summed E-state index contributed by atoms with van der Waals surface area (Å²) in [7, 11) is 5.03. The number of nitrogens with one attached hydrogen (secondary N) is 2. The van der Waals surface area contributed by atoms with Crippen LogP contribution in [0.1, 0.15) is 16.8 Å². The van der Waals surface area contributed by atoms with Crippen LogP contribution in [0.2, 0.25) is 0 Å². The molecule has 2 aromatic rings. The van der Waals surface area contributed by atoms with Crippen molar-refractivity contribution >= 4 is 5.96 Å². The lowest BCUT2D eigenvalue weighted by Crippen LogP contribution is -2.37. The van der Waals surface area contributed by atoms with E-state index in [2.05, 4.69) is 26.7 Å². The van der Waals surface area contributed by atoms with E-state index in [0.29, 0.717) is 6.54 Å². The molecule has 2 rings (SSSR count). The van der Waals surface area contributed by atoms with E-state index in [1.165, 1.54) is 5.56 Å². The molecule has 0 aliphatic carbocycles. The van der Waals surface area contributed by atoms with E-state index < -0.39 is 0 Å². The first kappa shape index (κ1) is 18.6. The highest BCUT2D eigenvalue weighted by Crippen LogP contribution is 2.27. The van der Waals surface area contributed by atoms with Gasteiger partial charge in [-0.3, -0.25) is 9.98 Å². The van der Waals surface area contributed by atoms with Crippen LogP contribution in [-0.2, 0) is 13.0 Å². The first-order valence-electron chi connectivity index (χ1n) is 8.23. The summed E-state index contributed by atoms with van der Waals surface area (Å²) in [5, 5.41) is 6.61. The maximum atomic E-state index is 5.33. The molecule has 134 valence electrons. The van der Waals surface area contributed by atoms with Crippen LogP contribution in [0.15, 0.2) is 41.5 Å². The largest absolute Gasteiger partial charge is 0.493 e. The van der Waals surface area contributed by atoms with Crippen LogP contribution in [0.4, 0.5) is 0 Å². The molecule has 6 heteroatoms. The number of guanidine groups is 1. The Balaban J connectivity index is 1.83. The Morgan fingerprint density at radius 1 is 1.04 bits per heavy atom. The van der Waals surface area contributed by atoms with Crippen LogP contribution in [0.25, 0.3) is 0 Å². The van der Waals surface area contributed by atoms with Gasteiger partial charge in [0.2, 0.25) is 0 Å². The standard InChI is InChI=1S/C19H26N4O2/c1-14-5-6-15(12-22-14)9-10-21-19(20-2)23-13-16-7-8-17(24-3)18(11-16)25-4/h5-8,11-12H,9-10,13H2,1-4H3,(H2,20,21,23). The second-order valence-electron chi connectivity index (χ2n) is 5.60. The Bertz CT molecular complexity index is 699. The number of ether oxygens (including phenoxy) is 2. The third-order valence-corrected chi connectivity index (χ3v) is 3.81. The zero-order valence-corrected chi connectivity index (χ0v) is 15.3. The number of aromatic nitrogens is 1. The summed E-state index contributed by atoms with van der Waals surface area (Å²) >= 11 is 0. The van der Waals surface area contributed by atoms with Gasteiger partial charge in [-0.05, 0) is 42.7 Å². The molecule has 0 bridgehead atoms. The van der Waals surface area contributed by atoms with E-state index in [4.69, 9.17) is 9.47 Å². The molecular weight excluding hydrogens is 316 g/mol. The van der Waals surface area contributed by atoms with Crippen molar-refractivity contribution in [3.05, 3.63) is 53.3 Å². The van der Waals surface area contributed by atoms with Crippen LogP contribution < -0.4 is 20.1 Å². The van der Waals surface area contributed by atoms with Crippen molar-refractivity contribution < 1.29 is 9.47 Å². The van der Waals surface area contributed by atoms with E-state index in [9.17, 15) is 0 Å². The number of hydrogen-bond donors (Lipinski definition) is 2. The van der Waals surface area contributed by atoms with Gasteiger partial charge < -0.3 is 20.1 Å². The Morgan fingerprint density at radius 3 is 2.44 bits per heavy atom. The van der Waals surface area contributed by atoms with Gasteiger partial charge in [0.25, 0.3) is 0 Å². The van der Waals surface area contributed by atoms with E-state index in [1.807, 2.05) is 37.4 Å². The summed E-state index contributed by atoms with van der Waals surface area (Å²) in [5.41, 5.74) is 3.32. The molecule has 0 saturated carbocycles. The van der Waals surface area contributed by atoms with Crippen molar-refractivity contribution in [1.82, 2.24) is 15.6 Å². The second kappa shape index (κ2) is 9.52. The molecule has 0 saturated heterocycles. The van der Waals surface area contributed by atoms with Gasteiger partial charge in [-0.15, -0.1) is 0 Å². The highest BCUT2D eigenvalue weighted by atomic mass is 16.5. The molecule has 0 aliphatic heterocycles. The van der Waals surface area contributed by atoms with Gasteiger partial charge in [0.15, 0.2) is 17.5 Å². The van der Waals surface area contributed by atoms with E-state index in [0.717, 1.165) is 41.7 Å². The maximum Gasteiger partial charge on any atom is 0.191 e. The summed E-state index contributed by atoms with van der Waals surface area (Å²) in [6.45, 7) is 3.42. The van der Waals surface area contributed by atoms with Crippen LogP contribution >= 0.6 is 0 Å². The molecule has 6 nitrogen and oxygen atoms in total. The fourth-order valence-corrected chi connectivity index (χ4v) is 2.37. The number of benzene rings is 1. The number of pyridine rings is 1. The van der Waals surface area contributed by atoms with Crippen molar-refractivity contribution in [1.29, 1.82) is 0 Å². The van der Waals surface area contributed by atoms with E-state index in [-0.39, 0.29) is 0 Å². The fourth-order valence-electron chi connectivity index (χ4n) is 2.37. The number of nitrogens with zero attached hydrogens (tertiary/aromatic N) is 2. The number of methoxy groups -OCH3 is 2. The van der Waals surface area contributed by atoms with Crippen LogP contribution in [0.3, 0.4) is 0 Å². The first-order chi connectivity index (χ1) is 12.2. The van der Waals surface area contributed by atoms with Gasteiger partial charge in [0.1, 0.15) is 0 Å². The minimum atomic E-state index is 0.645. The fraction of sp³-hybridized carbons (Fsp3) is 0.368. The van der Waals surface area contributed by atoms with Gasteiger partial charge in [-0.25, -0.2) is 0 Å².